The number of aliphatic hydroxyl groups is 5. The van der Waals surface area contributed by atoms with Crippen molar-refractivity contribution in [2.45, 2.75) is 67.1 Å². The van der Waals surface area contributed by atoms with Crippen molar-refractivity contribution in [1.29, 1.82) is 0 Å². The van der Waals surface area contributed by atoms with Gasteiger partial charge in [-0.05, 0) is 6.42 Å². The van der Waals surface area contributed by atoms with Crippen molar-refractivity contribution in [3.05, 3.63) is 36.2 Å². The molecule has 3 aliphatic heterocycles. The lowest BCUT2D eigenvalue weighted by atomic mass is 9.85. The van der Waals surface area contributed by atoms with Crippen LogP contribution in [0.5, 0.6) is 0 Å². The monoisotopic (exact) mass is 778 g/mol. The van der Waals surface area contributed by atoms with Crippen LogP contribution < -0.4 is 32.1 Å². The number of ether oxygens (including phenoxy) is 2. The first kappa shape index (κ1) is 38.2. The first-order valence-electron chi connectivity index (χ1n) is 15.1. The number of hydrogen-bond acceptors (Lipinski definition) is 22. The number of nitrogen functional groups attached to an aromatic ring is 1. The van der Waals surface area contributed by atoms with Gasteiger partial charge in [0.15, 0.2) is 29.5 Å². The molecule has 0 bridgehead atoms. The van der Waals surface area contributed by atoms with Gasteiger partial charge < -0.3 is 85.8 Å². The van der Waals surface area contributed by atoms with Crippen molar-refractivity contribution in [1.82, 2.24) is 24.4 Å². The Morgan fingerprint density at radius 2 is 1.54 bits per heavy atom. The smallest absolute Gasteiger partial charge is 0.274 e. The van der Waals surface area contributed by atoms with Crippen molar-refractivity contribution in [2.24, 2.45) is 11.7 Å². The van der Waals surface area contributed by atoms with E-state index in [2.05, 4.69) is 34.0 Å². The third-order valence-electron chi connectivity index (χ3n) is 9.14. The van der Waals surface area contributed by atoms with Crippen LogP contribution in [0.15, 0.2) is 36.2 Å². The van der Waals surface area contributed by atoms with Crippen LogP contribution in [-0.4, -0.2) is 130 Å². The number of anilines is 1. The molecule has 286 valence electrons. The molecule has 6 rings (SSSR count). The number of nitrogens with two attached hydrogens (primary N) is 2. The summed E-state index contributed by atoms with van der Waals surface area (Å²) in [7, 11) is -11.6. The van der Waals surface area contributed by atoms with Crippen molar-refractivity contribution < 1.29 is 87.7 Å². The Morgan fingerprint density at radius 3 is 2.12 bits per heavy atom. The molecule has 0 radical (unpaired) electrons. The second kappa shape index (κ2) is 13.7. The highest BCUT2D eigenvalue weighted by atomic mass is 31.3. The number of primary amides is 1. The van der Waals surface area contributed by atoms with E-state index in [1.165, 1.54) is 10.9 Å². The number of carboxylic acid groups (broad SMARTS) is 1. The molecule has 2 aromatic heterocycles. The minimum absolute atomic E-state index is 0.00955. The second-order valence-corrected chi connectivity index (χ2v) is 15.2. The molecule has 1 aliphatic carbocycles. The number of hydrogen-bond donors (Lipinski definition) is 8. The summed E-state index contributed by atoms with van der Waals surface area (Å²) in [5.41, 5.74) is 12.5. The normalized spacial score (nSPS) is 37.0. The number of aliphatic carboxylic acids is 1. The summed E-state index contributed by atoms with van der Waals surface area (Å²) in [4.78, 5) is 61.8. The fourth-order valence-corrected chi connectivity index (χ4v) is 8.42. The molecule has 1 saturated carbocycles. The molecule has 0 spiro atoms. The fraction of sp³-hybridized carbons (Fsp3) is 0.560. The van der Waals surface area contributed by atoms with Gasteiger partial charge in [-0.2, -0.15) is 0 Å². The SMILES string of the molecule is NC(=O)C1=CN([C@@H]2O[C@H](COP(=O)([O-])OP(=O)([O-])OC[C@H]3O[C@@H](n4cnc5c(N)ncnc54)[C@H](O)[C@@H]3O)[C@@H](O)[C@H]2O)C=C2[C@H]1C[C@H](O)[C@@]2([NH3+])C(=O)[O-]. The van der Waals surface area contributed by atoms with Crippen molar-refractivity contribution >= 4 is 44.5 Å². The van der Waals surface area contributed by atoms with Gasteiger partial charge in [0.05, 0.1) is 19.5 Å². The third kappa shape index (κ3) is 6.74. The fourth-order valence-electron chi connectivity index (χ4n) is 6.40. The minimum atomic E-state index is -5.83. The van der Waals surface area contributed by atoms with Crippen LogP contribution >= 0.6 is 15.6 Å². The molecular formula is C25H32N8O17P2-2. The number of fused-ring (bicyclic) bond motifs is 2. The quantitative estimate of drug-likeness (QED) is 0.0927. The Balaban J connectivity index is 1.07. The predicted octanol–water partition coefficient (Wildman–Crippen LogP) is -7.86. The number of carbonyl (C=O) groups is 2. The first-order valence-corrected chi connectivity index (χ1v) is 18.0. The van der Waals surface area contributed by atoms with Gasteiger partial charge in [-0.3, -0.25) is 18.5 Å². The molecule has 3 fully saturated rings. The summed E-state index contributed by atoms with van der Waals surface area (Å²) < 4.78 is 50.3. The van der Waals surface area contributed by atoms with Crippen LogP contribution in [0.3, 0.4) is 0 Å². The number of carboxylic acids is 1. The maximum atomic E-state index is 12.5. The molecule has 2 aromatic rings. The zero-order valence-electron chi connectivity index (χ0n) is 26.3. The van der Waals surface area contributed by atoms with Crippen LogP contribution in [-0.2, 0) is 41.6 Å². The molecule has 27 heteroatoms. The second-order valence-electron chi connectivity index (χ2n) is 12.3. The zero-order chi connectivity index (χ0) is 38.1. The molecule has 0 aromatic carbocycles. The van der Waals surface area contributed by atoms with Crippen molar-refractivity contribution in [3.63, 3.8) is 0 Å². The molecule has 52 heavy (non-hydrogen) atoms. The van der Waals surface area contributed by atoms with E-state index < -0.39 is 107 Å². The number of aliphatic hydroxyl groups excluding tert-OH is 5. The van der Waals surface area contributed by atoms with Crippen LogP contribution in [0.25, 0.3) is 11.2 Å². The van der Waals surface area contributed by atoms with Crippen molar-refractivity contribution in [2.75, 3.05) is 18.9 Å². The van der Waals surface area contributed by atoms with E-state index in [0.29, 0.717) is 0 Å². The zero-order valence-corrected chi connectivity index (χ0v) is 28.1. The van der Waals surface area contributed by atoms with E-state index in [4.69, 9.17) is 20.9 Å². The number of carbonyl (C=O) groups excluding carboxylic acids is 2. The number of nitrogens with zero attached hydrogens (tertiary/aromatic N) is 5. The molecule has 12 N–H and O–H groups in total. The number of quaternary nitrogens is 1. The minimum Gasteiger partial charge on any atom is -0.756 e. The Hall–Kier alpha value is -3.49. The van der Waals surface area contributed by atoms with Crippen LogP contribution in [0.2, 0.25) is 0 Å². The van der Waals surface area contributed by atoms with E-state index in [1.54, 1.807) is 0 Å². The van der Waals surface area contributed by atoms with E-state index >= 15 is 0 Å². The summed E-state index contributed by atoms with van der Waals surface area (Å²) in [6.45, 7) is -2.19. The number of imidazole rings is 1. The van der Waals surface area contributed by atoms with Gasteiger partial charge in [0, 0.05) is 29.5 Å². The Kier molecular flexibility index (Phi) is 10.1. The molecule has 13 atom stereocenters. The summed E-state index contributed by atoms with van der Waals surface area (Å²) >= 11 is 0. The summed E-state index contributed by atoms with van der Waals surface area (Å²) in [6, 6.07) is 0. The lowest BCUT2D eigenvalue weighted by Gasteiger charge is -2.35. The van der Waals surface area contributed by atoms with Gasteiger partial charge >= 0.3 is 0 Å². The summed E-state index contributed by atoms with van der Waals surface area (Å²) in [5.74, 6) is -3.77. The molecule has 1 amide bonds. The van der Waals surface area contributed by atoms with Gasteiger partial charge in [0.2, 0.25) is 5.91 Å². The number of aromatic nitrogens is 4. The molecule has 2 unspecified atom stereocenters. The topological polar surface area (TPSA) is 411 Å². The first-order chi connectivity index (χ1) is 24.3. The van der Waals surface area contributed by atoms with Gasteiger partial charge in [-0.25, -0.2) is 19.3 Å². The highest BCUT2D eigenvalue weighted by Crippen LogP contribution is 2.56. The van der Waals surface area contributed by atoms with E-state index in [1.807, 2.05) is 0 Å². The number of phosphoric acid groups is 2. The number of rotatable bonds is 12. The highest BCUT2D eigenvalue weighted by molar-refractivity contribution is 7.59. The third-order valence-corrected chi connectivity index (χ3v) is 11.7. The summed E-state index contributed by atoms with van der Waals surface area (Å²) in [5, 5.41) is 64.7. The average Bonchev–Trinajstić information content (AvgIpc) is 3.78. The van der Waals surface area contributed by atoms with Crippen LogP contribution in [0.4, 0.5) is 5.82 Å². The van der Waals surface area contributed by atoms with Crippen LogP contribution in [0, 0.1) is 5.92 Å². The van der Waals surface area contributed by atoms with E-state index in [0.717, 1.165) is 23.6 Å². The largest absolute Gasteiger partial charge is 0.756 e. The van der Waals surface area contributed by atoms with Crippen LogP contribution in [0.1, 0.15) is 12.6 Å². The standard InChI is InChI=1S/C25H34N8O17P2/c26-19-14-21(30-6-29-19)33(7-31-14)23-18(38)16(36)12(49-23)5-47-52(44,45)50-51(42,43)46-4-11-15(35)17(37)22(48-11)32-2-9(20(27)39)8-1-13(34)25(28,24(40)41)10(8)3-32/h2-3,6-8,11-13,15-18,22-23,34-38H,1,4-5,28H2,(H2,27,39)(H,40,41)(H,42,43)(H,44,45)(H2,26,29,30)/p-2/t8-,11+,12+,13-,15+,16+,17+,18+,22+,23+,25+/m0/s1. The van der Waals surface area contributed by atoms with E-state index in [-0.39, 0.29) is 34.5 Å². The molecule has 2 saturated heterocycles. The molecule has 25 nitrogen and oxygen atoms in total. The average molecular weight is 779 g/mol. The molecule has 4 aliphatic rings. The maximum absolute atomic E-state index is 12.5. The molecular weight excluding hydrogens is 746 g/mol. The lowest BCUT2D eigenvalue weighted by molar-refractivity contribution is -0.485. The van der Waals surface area contributed by atoms with Gasteiger partial charge in [0.25, 0.3) is 15.6 Å². The highest BCUT2D eigenvalue weighted by Gasteiger charge is 2.57. The lowest BCUT2D eigenvalue weighted by Crippen LogP contribution is -2.83. The number of phosphoric ester groups is 2. The van der Waals surface area contributed by atoms with E-state index in [9.17, 15) is 59.1 Å². The molecule has 5 heterocycles. The van der Waals surface area contributed by atoms with Gasteiger partial charge in [0.1, 0.15) is 60.5 Å². The van der Waals surface area contributed by atoms with Gasteiger partial charge in [-0.15, -0.1) is 0 Å². The van der Waals surface area contributed by atoms with Crippen molar-refractivity contribution in [3.8, 4) is 0 Å². The predicted molar refractivity (Wildman–Crippen MR) is 156 cm³/mol. The number of amides is 1. The summed E-state index contributed by atoms with van der Waals surface area (Å²) in [6.07, 6.45) is -10.8. The Labute approximate surface area is 290 Å². The van der Waals surface area contributed by atoms with Gasteiger partial charge in [-0.1, -0.05) is 0 Å². The Morgan fingerprint density at radius 1 is 0.962 bits per heavy atom. The maximum Gasteiger partial charge on any atom is 0.274 e. The Bertz CT molecular complexity index is 1910.